The summed E-state index contributed by atoms with van der Waals surface area (Å²) in [4.78, 5) is 5.36. The zero-order chi connectivity index (χ0) is 13.1. The van der Waals surface area contributed by atoms with Crippen molar-refractivity contribution in [1.82, 2.24) is 4.98 Å². The molecule has 0 fully saturated rings. The van der Waals surface area contributed by atoms with E-state index in [1.807, 2.05) is 25.1 Å². The molecule has 0 radical (unpaired) electrons. The summed E-state index contributed by atoms with van der Waals surface area (Å²) in [6.45, 7) is 6.98. The van der Waals surface area contributed by atoms with Gasteiger partial charge in [-0.1, -0.05) is 37.3 Å². The molecular formula is C14H18N2OS. The van der Waals surface area contributed by atoms with Gasteiger partial charge < -0.3 is 10.5 Å². The minimum atomic E-state index is 0.523. The van der Waals surface area contributed by atoms with Crippen LogP contribution in [-0.2, 0) is 0 Å². The van der Waals surface area contributed by atoms with Gasteiger partial charge in [0.2, 0.25) is 0 Å². The predicted molar refractivity (Wildman–Crippen MR) is 77.0 cm³/mol. The molecule has 0 aliphatic carbocycles. The van der Waals surface area contributed by atoms with Crippen molar-refractivity contribution in [3.05, 3.63) is 30.0 Å². The number of rotatable bonds is 4. The smallest absolute Gasteiger partial charge is 0.180 e. The fourth-order valence-electron chi connectivity index (χ4n) is 1.68. The molecule has 2 rings (SSSR count). The van der Waals surface area contributed by atoms with Gasteiger partial charge in [-0.2, -0.15) is 0 Å². The summed E-state index contributed by atoms with van der Waals surface area (Å²) in [5, 5.41) is 0.607. The number of hydrogen-bond acceptors (Lipinski definition) is 4. The third kappa shape index (κ3) is 3.01. The molecule has 0 aliphatic rings. The lowest BCUT2D eigenvalue weighted by molar-refractivity contribution is 0.271. The second kappa shape index (κ2) is 5.40. The van der Waals surface area contributed by atoms with Crippen molar-refractivity contribution in [1.29, 1.82) is 0 Å². The largest absolute Gasteiger partial charge is 0.493 e. The Morgan fingerprint density at radius 1 is 1.39 bits per heavy atom. The highest BCUT2D eigenvalue weighted by molar-refractivity contribution is 7.18. The molecule has 18 heavy (non-hydrogen) atoms. The number of thiazole rings is 1. The Bertz CT molecular complexity index is 534. The van der Waals surface area contributed by atoms with E-state index in [2.05, 4.69) is 24.9 Å². The summed E-state index contributed by atoms with van der Waals surface area (Å²) in [6, 6.07) is 8.08. The third-order valence-electron chi connectivity index (χ3n) is 2.49. The highest BCUT2D eigenvalue weighted by atomic mass is 32.1. The van der Waals surface area contributed by atoms with Crippen LogP contribution in [-0.4, -0.2) is 11.6 Å². The summed E-state index contributed by atoms with van der Waals surface area (Å²) in [6.07, 6.45) is 0. The first-order valence-corrected chi connectivity index (χ1v) is 6.84. The minimum Gasteiger partial charge on any atom is -0.493 e. The third-order valence-corrected chi connectivity index (χ3v) is 3.53. The summed E-state index contributed by atoms with van der Waals surface area (Å²) in [5.74, 6) is 1.42. The Morgan fingerprint density at radius 2 is 2.17 bits per heavy atom. The van der Waals surface area contributed by atoms with E-state index in [1.54, 1.807) is 0 Å². The molecule has 0 unspecified atom stereocenters. The average Bonchev–Trinajstić information content (AvgIpc) is 2.66. The van der Waals surface area contributed by atoms with Gasteiger partial charge in [0.15, 0.2) is 5.13 Å². The van der Waals surface area contributed by atoms with Crippen molar-refractivity contribution in [2.24, 2.45) is 5.92 Å². The lowest BCUT2D eigenvalue weighted by Gasteiger charge is -2.09. The van der Waals surface area contributed by atoms with Gasteiger partial charge in [0.1, 0.15) is 5.75 Å². The molecule has 96 valence electrons. The molecule has 0 spiro atoms. The molecule has 1 aromatic carbocycles. The Hall–Kier alpha value is -1.55. The van der Waals surface area contributed by atoms with Gasteiger partial charge in [-0.25, -0.2) is 4.98 Å². The second-order valence-electron chi connectivity index (χ2n) is 4.70. The molecule has 1 aromatic heterocycles. The maximum Gasteiger partial charge on any atom is 0.180 e. The highest BCUT2D eigenvalue weighted by Crippen LogP contribution is 2.33. The standard InChI is InChI=1S/C14H18N2OS/c1-9(2)8-17-12-6-4-5-11(7-12)13-10(3)16-14(15)18-13/h4-7,9H,8H2,1-3H3,(H2,15,16). The average molecular weight is 262 g/mol. The summed E-state index contributed by atoms with van der Waals surface area (Å²) in [7, 11) is 0. The van der Waals surface area contributed by atoms with E-state index in [9.17, 15) is 0 Å². The Labute approximate surface area is 112 Å². The van der Waals surface area contributed by atoms with Crippen molar-refractivity contribution >= 4 is 16.5 Å². The number of nitrogens with two attached hydrogens (primary N) is 1. The van der Waals surface area contributed by atoms with E-state index in [0.717, 1.165) is 28.5 Å². The molecule has 1 heterocycles. The van der Waals surface area contributed by atoms with E-state index in [4.69, 9.17) is 10.5 Å². The van der Waals surface area contributed by atoms with Gasteiger partial charge in [0, 0.05) is 0 Å². The zero-order valence-electron chi connectivity index (χ0n) is 10.9. The topological polar surface area (TPSA) is 48.1 Å². The molecule has 0 saturated carbocycles. The lowest BCUT2D eigenvalue weighted by Crippen LogP contribution is -2.04. The van der Waals surface area contributed by atoms with Crippen molar-refractivity contribution < 1.29 is 4.74 Å². The number of hydrogen-bond donors (Lipinski definition) is 1. The summed E-state index contributed by atoms with van der Waals surface area (Å²) < 4.78 is 5.73. The van der Waals surface area contributed by atoms with Crippen LogP contribution in [0.3, 0.4) is 0 Å². The highest BCUT2D eigenvalue weighted by Gasteiger charge is 2.08. The molecule has 0 saturated heterocycles. The number of aromatic nitrogens is 1. The van der Waals surface area contributed by atoms with Gasteiger partial charge >= 0.3 is 0 Å². The van der Waals surface area contributed by atoms with Crippen LogP contribution in [0.1, 0.15) is 19.5 Å². The van der Waals surface area contributed by atoms with Gasteiger partial charge in [-0.15, -0.1) is 0 Å². The van der Waals surface area contributed by atoms with Crippen LogP contribution in [0.25, 0.3) is 10.4 Å². The number of anilines is 1. The molecule has 3 nitrogen and oxygen atoms in total. The van der Waals surface area contributed by atoms with E-state index < -0.39 is 0 Å². The van der Waals surface area contributed by atoms with Crippen LogP contribution >= 0.6 is 11.3 Å². The minimum absolute atomic E-state index is 0.523. The van der Waals surface area contributed by atoms with Crippen molar-refractivity contribution in [2.75, 3.05) is 12.3 Å². The molecule has 4 heteroatoms. The Kier molecular flexibility index (Phi) is 3.87. The molecule has 2 aromatic rings. The molecule has 0 bridgehead atoms. The zero-order valence-corrected chi connectivity index (χ0v) is 11.8. The SMILES string of the molecule is Cc1nc(N)sc1-c1cccc(OCC(C)C)c1. The number of aryl methyl sites for hydroxylation is 1. The first-order valence-electron chi connectivity index (χ1n) is 6.02. The first-order chi connectivity index (χ1) is 8.56. The maximum absolute atomic E-state index is 5.73. The van der Waals surface area contributed by atoms with Crippen LogP contribution in [0.5, 0.6) is 5.75 Å². The molecule has 0 atom stereocenters. The molecule has 0 aliphatic heterocycles. The summed E-state index contributed by atoms with van der Waals surface area (Å²) >= 11 is 1.51. The number of benzene rings is 1. The van der Waals surface area contributed by atoms with Crippen LogP contribution < -0.4 is 10.5 Å². The van der Waals surface area contributed by atoms with Crippen LogP contribution in [0.4, 0.5) is 5.13 Å². The number of nitrogen functional groups attached to an aromatic ring is 1. The fourth-order valence-corrected chi connectivity index (χ4v) is 2.51. The second-order valence-corrected chi connectivity index (χ2v) is 5.73. The van der Waals surface area contributed by atoms with E-state index in [1.165, 1.54) is 11.3 Å². The van der Waals surface area contributed by atoms with Gasteiger partial charge in [-0.3, -0.25) is 0 Å². The van der Waals surface area contributed by atoms with Crippen molar-refractivity contribution in [2.45, 2.75) is 20.8 Å². The van der Waals surface area contributed by atoms with Gasteiger partial charge in [0.05, 0.1) is 17.2 Å². The van der Waals surface area contributed by atoms with Crippen LogP contribution in [0.2, 0.25) is 0 Å². The van der Waals surface area contributed by atoms with Crippen molar-refractivity contribution in [3.63, 3.8) is 0 Å². The normalized spacial score (nSPS) is 10.9. The monoisotopic (exact) mass is 262 g/mol. The summed E-state index contributed by atoms with van der Waals surface area (Å²) in [5.41, 5.74) is 7.81. The van der Waals surface area contributed by atoms with E-state index >= 15 is 0 Å². The van der Waals surface area contributed by atoms with Gasteiger partial charge in [0.25, 0.3) is 0 Å². The molecule has 2 N–H and O–H groups in total. The van der Waals surface area contributed by atoms with E-state index in [0.29, 0.717) is 11.0 Å². The van der Waals surface area contributed by atoms with Crippen LogP contribution in [0, 0.1) is 12.8 Å². The van der Waals surface area contributed by atoms with Crippen LogP contribution in [0.15, 0.2) is 24.3 Å². The number of ether oxygens (including phenoxy) is 1. The first kappa shape index (κ1) is 12.9. The fraction of sp³-hybridized carbons (Fsp3) is 0.357. The molecule has 0 amide bonds. The Morgan fingerprint density at radius 3 is 2.78 bits per heavy atom. The number of nitrogens with zero attached hydrogens (tertiary/aromatic N) is 1. The Balaban J connectivity index is 2.24. The van der Waals surface area contributed by atoms with Gasteiger partial charge in [-0.05, 0) is 30.5 Å². The quantitative estimate of drug-likeness (QED) is 0.913. The maximum atomic E-state index is 5.73. The lowest BCUT2D eigenvalue weighted by atomic mass is 10.1. The predicted octanol–water partition coefficient (Wildman–Crippen LogP) is 3.74. The van der Waals surface area contributed by atoms with E-state index in [-0.39, 0.29) is 0 Å². The van der Waals surface area contributed by atoms with Crippen molar-refractivity contribution in [3.8, 4) is 16.2 Å². The molecular weight excluding hydrogens is 244 g/mol.